The maximum atomic E-state index is 13.4. The lowest BCUT2D eigenvalue weighted by molar-refractivity contribution is -0.205. The fourth-order valence-electron chi connectivity index (χ4n) is 4.42. The van der Waals surface area contributed by atoms with Crippen molar-refractivity contribution in [1.82, 2.24) is 9.88 Å². The Hall–Kier alpha value is -2.31. The second-order valence-corrected chi connectivity index (χ2v) is 8.37. The first kappa shape index (κ1) is 20.0. The first-order chi connectivity index (χ1) is 14.0. The predicted molar refractivity (Wildman–Crippen MR) is 107 cm³/mol. The average Bonchev–Trinajstić information content (AvgIpc) is 2.74. The number of nitrogens with zero attached hydrogens (tertiary/aromatic N) is 2. The lowest BCUT2D eigenvalue weighted by atomic mass is 9.75. The van der Waals surface area contributed by atoms with E-state index in [1.165, 1.54) is 12.1 Å². The zero-order valence-corrected chi connectivity index (χ0v) is 16.9. The number of ether oxygens (including phenoxy) is 2. The van der Waals surface area contributed by atoms with Crippen LogP contribution >= 0.6 is 0 Å². The molecular weight excluding hydrogens is 371 g/mol. The van der Waals surface area contributed by atoms with Gasteiger partial charge in [-0.15, -0.1) is 0 Å². The molecule has 2 saturated heterocycles. The van der Waals surface area contributed by atoms with Gasteiger partial charge in [0.15, 0.2) is 0 Å². The minimum Gasteiger partial charge on any atom is -0.370 e. The lowest BCUT2D eigenvalue weighted by Crippen LogP contribution is -2.59. The quantitative estimate of drug-likeness (QED) is 0.788. The molecule has 0 N–H and O–H groups in total. The number of carbonyl (C=O) groups is 1. The average molecular weight is 398 g/mol. The van der Waals surface area contributed by atoms with Gasteiger partial charge in [-0.05, 0) is 48.1 Å². The smallest absolute Gasteiger partial charge is 0.272 e. The zero-order valence-electron chi connectivity index (χ0n) is 16.9. The summed E-state index contributed by atoms with van der Waals surface area (Å²) in [5, 5.41) is 0. The van der Waals surface area contributed by atoms with E-state index in [1.807, 2.05) is 11.0 Å². The van der Waals surface area contributed by atoms with E-state index < -0.39 is 5.60 Å². The molecule has 29 heavy (non-hydrogen) atoms. The molecule has 3 atom stereocenters. The van der Waals surface area contributed by atoms with Crippen molar-refractivity contribution in [3.05, 3.63) is 65.7 Å². The van der Waals surface area contributed by atoms with Crippen LogP contribution < -0.4 is 0 Å². The number of aromatic nitrogens is 1. The van der Waals surface area contributed by atoms with Gasteiger partial charge < -0.3 is 14.4 Å². The second-order valence-electron chi connectivity index (χ2n) is 8.37. The summed E-state index contributed by atoms with van der Waals surface area (Å²) < 4.78 is 25.9. The SMILES string of the molecule is CC(C)[C@@H]1C[C@@]2(CO[C@H]1c1ccc(F)cc1)CN(C(=O)c1ccccn1)CCO2. The summed E-state index contributed by atoms with van der Waals surface area (Å²) in [5.41, 5.74) is 0.914. The molecule has 2 aromatic rings. The summed E-state index contributed by atoms with van der Waals surface area (Å²) in [4.78, 5) is 18.9. The summed E-state index contributed by atoms with van der Waals surface area (Å²) in [6.07, 6.45) is 2.32. The van der Waals surface area contributed by atoms with Gasteiger partial charge in [0.2, 0.25) is 0 Å². The number of rotatable bonds is 3. The van der Waals surface area contributed by atoms with Gasteiger partial charge >= 0.3 is 0 Å². The van der Waals surface area contributed by atoms with Crippen LogP contribution in [0.15, 0.2) is 48.7 Å². The Morgan fingerprint density at radius 2 is 2.03 bits per heavy atom. The Bertz CT molecular complexity index is 843. The van der Waals surface area contributed by atoms with Crippen molar-refractivity contribution in [2.45, 2.75) is 32.0 Å². The third-order valence-corrected chi connectivity index (χ3v) is 6.00. The van der Waals surface area contributed by atoms with Crippen molar-refractivity contribution < 1.29 is 18.7 Å². The Balaban J connectivity index is 1.52. The highest BCUT2D eigenvalue weighted by atomic mass is 19.1. The van der Waals surface area contributed by atoms with Crippen LogP contribution in [-0.2, 0) is 9.47 Å². The number of carbonyl (C=O) groups excluding carboxylic acids is 1. The summed E-state index contributed by atoms with van der Waals surface area (Å²) >= 11 is 0. The molecular formula is C23H27FN2O3. The molecule has 0 saturated carbocycles. The van der Waals surface area contributed by atoms with Crippen molar-refractivity contribution in [2.24, 2.45) is 11.8 Å². The van der Waals surface area contributed by atoms with E-state index in [9.17, 15) is 9.18 Å². The monoisotopic (exact) mass is 398 g/mol. The maximum absolute atomic E-state index is 13.4. The van der Waals surface area contributed by atoms with Gasteiger partial charge in [0.1, 0.15) is 17.1 Å². The number of hydrogen-bond donors (Lipinski definition) is 0. The molecule has 1 aromatic heterocycles. The molecule has 0 aliphatic carbocycles. The molecule has 3 heterocycles. The molecule has 0 bridgehead atoms. The molecule has 4 rings (SSSR count). The van der Waals surface area contributed by atoms with Gasteiger partial charge in [-0.25, -0.2) is 4.39 Å². The Morgan fingerprint density at radius 3 is 2.72 bits per heavy atom. The van der Waals surface area contributed by atoms with Crippen LogP contribution in [0.1, 0.15) is 42.4 Å². The number of pyridine rings is 1. The molecule has 2 aliphatic heterocycles. The maximum Gasteiger partial charge on any atom is 0.272 e. The number of morpholine rings is 1. The van der Waals surface area contributed by atoms with E-state index >= 15 is 0 Å². The number of benzene rings is 1. The highest BCUT2D eigenvalue weighted by Crippen LogP contribution is 2.44. The minimum atomic E-state index is -0.520. The first-order valence-electron chi connectivity index (χ1n) is 10.2. The van der Waals surface area contributed by atoms with Crippen LogP contribution in [0.25, 0.3) is 0 Å². The van der Waals surface area contributed by atoms with Crippen LogP contribution in [0.2, 0.25) is 0 Å². The lowest BCUT2D eigenvalue weighted by Gasteiger charge is -2.50. The van der Waals surface area contributed by atoms with Gasteiger partial charge in [-0.3, -0.25) is 9.78 Å². The number of amides is 1. The molecule has 2 aliphatic rings. The fraction of sp³-hybridized carbons (Fsp3) is 0.478. The van der Waals surface area contributed by atoms with Gasteiger partial charge in [0.25, 0.3) is 5.91 Å². The molecule has 6 heteroatoms. The van der Waals surface area contributed by atoms with E-state index in [2.05, 4.69) is 18.8 Å². The molecule has 154 valence electrons. The largest absolute Gasteiger partial charge is 0.370 e. The summed E-state index contributed by atoms with van der Waals surface area (Å²) in [6, 6.07) is 11.9. The molecule has 1 amide bonds. The van der Waals surface area contributed by atoms with Gasteiger partial charge in [-0.1, -0.05) is 32.0 Å². The van der Waals surface area contributed by atoms with E-state index in [4.69, 9.17) is 9.47 Å². The zero-order chi connectivity index (χ0) is 20.4. The highest BCUT2D eigenvalue weighted by Gasteiger charge is 2.47. The second kappa shape index (κ2) is 8.20. The normalized spacial score (nSPS) is 27.4. The molecule has 1 spiro atoms. The van der Waals surface area contributed by atoms with Gasteiger partial charge in [0, 0.05) is 12.7 Å². The summed E-state index contributed by atoms with van der Waals surface area (Å²) in [7, 11) is 0. The number of hydrogen-bond acceptors (Lipinski definition) is 4. The fourth-order valence-corrected chi connectivity index (χ4v) is 4.42. The third-order valence-electron chi connectivity index (χ3n) is 6.00. The van der Waals surface area contributed by atoms with E-state index in [0.29, 0.717) is 37.9 Å². The predicted octanol–water partition coefficient (Wildman–Crippen LogP) is 3.87. The highest BCUT2D eigenvalue weighted by molar-refractivity contribution is 5.92. The summed E-state index contributed by atoms with van der Waals surface area (Å²) in [5.74, 6) is 0.239. The van der Waals surface area contributed by atoms with Gasteiger partial charge in [-0.2, -0.15) is 0 Å². The van der Waals surface area contributed by atoms with E-state index in [-0.39, 0.29) is 23.7 Å². The molecule has 1 aromatic carbocycles. The minimum absolute atomic E-state index is 0.0740. The number of halogens is 1. The van der Waals surface area contributed by atoms with Gasteiger partial charge in [0.05, 0.1) is 25.9 Å². The van der Waals surface area contributed by atoms with E-state index in [1.54, 1.807) is 30.5 Å². The third kappa shape index (κ3) is 4.19. The molecule has 2 fully saturated rings. The van der Waals surface area contributed by atoms with Crippen molar-refractivity contribution in [3.63, 3.8) is 0 Å². The summed E-state index contributed by atoms with van der Waals surface area (Å²) in [6.45, 7) is 6.26. The van der Waals surface area contributed by atoms with Crippen LogP contribution in [0.3, 0.4) is 0 Å². The van der Waals surface area contributed by atoms with Crippen molar-refractivity contribution in [3.8, 4) is 0 Å². The Labute approximate surface area is 170 Å². The van der Waals surface area contributed by atoms with Crippen molar-refractivity contribution >= 4 is 5.91 Å². The molecule has 5 nitrogen and oxygen atoms in total. The standard InChI is InChI=1S/C23H27FN2O3/c1-16(2)19-13-23(15-28-21(19)17-6-8-18(24)9-7-17)14-26(11-12-29-23)22(27)20-5-3-4-10-25-20/h3-10,16,19,21H,11-15H2,1-2H3/t19-,21-,23-/m0/s1. The van der Waals surface area contributed by atoms with Crippen LogP contribution in [0, 0.1) is 17.7 Å². The van der Waals surface area contributed by atoms with Crippen molar-refractivity contribution in [1.29, 1.82) is 0 Å². The first-order valence-corrected chi connectivity index (χ1v) is 10.2. The van der Waals surface area contributed by atoms with Crippen LogP contribution in [-0.4, -0.2) is 47.7 Å². The van der Waals surface area contributed by atoms with Crippen LogP contribution in [0.4, 0.5) is 4.39 Å². The molecule has 0 radical (unpaired) electrons. The topological polar surface area (TPSA) is 51.7 Å². The van der Waals surface area contributed by atoms with Crippen molar-refractivity contribution in [2.75, 3.05) is 26.3 Å². The molecule has 0 unspecified atom stereocenters. The van der Waals surface area contributed by atoms with Crippen LogP contribution in [0.5, 0.6) is 0 Å². The Morgan fingerprint density at radius 1 is 1.24 bits per heavy atom. The van der Waals surface area contributed by atoms with E-state index in [0.717, 1.165) is 12.0 Å². The Kier molecular flexibility index (Phi) is 5.65.